The fourth-order valence-electron chi connectivity index (χ4n) is 5.31. The average Bonchev–Trinajstić information content (AvgIpc) is 3.05. The van der Waals surface area contributed by atoms with Gasteiger partial charge in [-0.1, -0.05) is 6.07 Å². The lowest BCUT2D eigenvalue weighted by molar-refractivity contribution is -0.143. The summed E-state index contributed by atoms with van der Waals surface area (Å²) in [5, 5.41) is 28.8. The van der Waals surface area contributed by atoms with Gasteiger partial charge in [0.2, 0.25) is 0 Å². The summed E-state index contributed by atoms with van der Waals surface area (Å²) < 4.78 is 16.8. The molecule has 50 heavy (non-hydrogen) atoms. The number of ether oxygens (including phenoxy) is 3. The van der Waals surface area contributed by atoms with Crippen molar-refractivity contribution < 1.29 is 58.3 Å². The van der Waals surface area contributed by atoms with Crippen LogP contribution in [0.25, 0.3) is 0 Å². The van der Waals surface area contributed by atoms with E-state index in [1.807, 2.05) is 0 Å². The lowest BCUT2D eigenvalue weighted by Crippen LogP contribution is -2.36. The van der Waals surface area contributed by atoms with E-state index < -0.39 is 60.0 Å². The van der Waals surface area contributed by atoms with Crippen LogP contribution >= 0.6 is 0 Å². The third kappa shape index (κ3) is 9.12. The third-order valence-corrected chi connectivity index (χ3v) is 7.41. The van der Waals surface area contributed by atoms with Gasteiger partial charge in [-0.15, -0.1) is 0 Å². The first-order valence-electron chi connectivity index (χ1n) is 15.3. The van der Waals surface area contributed by atoms with Crippen LogP contribution in [0.4, 0.5) is 5.69 Å². The molecule has 0 fully saturated rings. The summed E-state index contributed by atoms with van der Waals surface area (Å²) in [4.78, 5) is 80.5. The highest BCUT2D eigenvalue weighted by Gasteiger charge is 2.30. The average molecular weight is 691 g/mol. The topological polar surface area (TPSA) is 258 Å². The number of aliphatic imine (C=N–C) groups is 1. The molecule has 0 spiro atoms. The Kier molecular flexibility index (Phi) is 11.7. The number of guanidine groups is 1. The van der Waals surface area contributed by atoms with E-state index in [2.05, 4.69) is 4.99 Å². The molecule has 0 saturated carbocycles. The van der Waals surface area contributed by atoms with Crippen molar-refractivity contribution in [1.29, 1.82) is 0 Å². The van der Waals surface area contributed by atoms with Crippen LogP contribution in [0.3, 0.4) is 0 Å². The number of carboxylic acid groups (broad SMARTS) is 3. The molecule has 0 unspecified atom stereocenters. The van der Waals surface area contributed by atoms with Crippen molar-refractivity contribution in [3.05, 3.63) is 87.5 Å². The van der Waals surface area contributed by atoms with Crippen LogP contribution in [0.2, 0.25) is 0 Å². The molecule has 0 aliphatic carbocycles. The van der Waals surface area contributed by atoms with Crippen molar-refractivity contribution >= 4 is 47.4 Å². The van der Waals surface area contributed by atoms with Gasteiger partial charge in [0.15, 0.2) is 17.5 Å². The van der Waals surface area contributed by atoms with E-state index in [4.69, 9.17) is 25.7 Å². The minimum Gasteiger partial charge on any atom is -0.489 e. The molecule has 4 rings (SSSR count). The number of carbonyl (C=O) groups is 6. The summed E-state index contributed by atoms with van der Waals surface area (Å²) in [6.07, 6.45) is 0.431. The maximum absolute atomic E-state index is 14.4. The number of fused-ring (bicyclic) bond motifs is 2. The smallest absolute Gasteiger partial charge is 0.343 e. The minimum atomic E-state index is -1.44. The lowest BCUT2D eigenvalue weighted by Gasteiger charge is -2.26. The van der Waals surface area contributed by atoms with E-state index in [-0.39, 0.29) is 65.8 Å². The fraction of sp³-hybridized carbons (Fsp3) is 0.265. The van der Waals surface area contributed by atoms with E-state index in [1.54, 1.807) is 13.0 Å². The molecule has 3 aromatic rings. The normalized spacial score (nSPS) is 12.2. The quantitative estimate of drug-likeness (QED) is 0.0793. The summed E-state index contributed by atoms with van der Waals surface area (Å²) in [6, 6.07) is 10.6. The van der Waals surface area contributed by atoms with Gasteiger partial charge in [-0.2, -0.15) is 0 Å². The molecular formula is C34H34N4O12. The zero-order chi connectivity index (χ0) is 36.5. The predicted molar refractivity (Wildman–Crippen MR) is 175 cm³/mol. The molecule has 0 bridgehead atoms. The summed E-state index contributed by atoms with van der Waals surface area (Å²) >= 11 is 0. The van der Waals surface area contributed by atoms with Crippen LogP contribution in [0.5, 0.6) is 11.5 Å². The molecule has 1 aliphatic rings. The molecule has 3 aromatic carbocycles. The van der Waals surface area contributed by atoms with Gasteiger partial charge < -0.3 is 45.9 Å². The molecule has 7 N–H and O–H groups in total. The number of aliphatic carboxylic acids is 1. The molecular weight excluding hydrogens is 656 g/mol. The summed E-state index contributed by atoms with van der Waals surface area (Å²) in [5.74, 6) is -7.14. The molecule has 262 valence electrons. The van der Waals surface area contributed by atoms with Gasteiger partial charge in [0.05, 0.1) is 41.2 Å². The van der Waals surface area contributed by atoms with Crippen LogP contribution in [0, 0.1) is 0 Å². The van der Waals surface area contributed by atoms with E-state index in [0.29, 0.717) is 24.1 Å². The molecule has 0 aromatic heterocycles. The van der Waals surface area contributed by atoms with Gasteiger partial charge in [-0.05, 0) is 85.3 Å². The van der Waals surface area contributed by atoms with Crippen LogP contribution in [0.1, 0.15) is 77.9 Å². The van der Waals surface area contributed by atoms with Crippen molar-refractivity contribution in [2.45, 2.75) is 39.2 Å². The number of amides is 1. The molecule has 16 nitrogen and oxygen atoms in total. The van der Waals surface area contributed by atoms with E-state index in [0.717, 1.165) is 23.1 Å². The van der Waals surface area contributed by atoms with Gasteiger partial charge >= 0.3 is 29.8 Å². The second kappa shape index (κ2) is 16.1. The number of hydrogen-bond acceptors (Lipinski definition) is 10. The second-order valence-electron chi connectivity index (χ2n) is 11.0. The summed E-state index contributed by atoms with van der Waals surface area (Å²) in [5.41, 5.74) is 11.4. The monoisotopic (exact) mass is 690 g/mol. The third-order valence-electron chi connectivity index (χ3n) is 7.41. The first-order valence-corrected chi connectivity index (χ1v) is 15.3. The molecule has 1 heterocycles. The summed E-state index contributed by atoms with van der Waals surface area (Å²) in [7, 11) is 0. The number of benzene rings is 3. The molecule has 0 radical (unpaired) electrons. The molecule has 0 saturated heterocycles. The zero-order valence-electron chi connectivity index (χ0n) is 26.8. The highest BCUT2D eigenvalue weighted by atomic mass is 16.6. The number of aromatic carboxylic acids is 2. The number of carboxylic acids is 3. The zero-order valence-corrected chi connectivity index (χ0v) is 26.8. The Bertz CT molecular complexity index is 1850. The van der Waals surface area contributed by atoms with Crippen LogP contribution in [0.15, 0.2) is 53.5 Å². The van der Waals surface area contributed by atoms with Crippen LogP contribution in [-0.4, -0.2) is 81.7 Å². The Hall–Kier alpha value is -6.45. The van der Waals surface area contributed by atoms with Gasteiger partial charge in [-0.3, -0.25) is 14.4 Å². The highest BCUT2D eigenvalue weighted by molar-refractivity contribution is 6.02. The Balaban J connectivity index is 1.83. The van der Waals surface area contributed by atoms with Gasteiger partial charge in [0, 0.05) is 13.0 Å². The number of carbonyl (C=O) groups excluding carboxylic acids is 3. The largest absolute Gasteiger partial charge is 0.489 e. The Morgan fingerprint density at radius 1 is 0.960 bits per heavy atom. The second-order valence-corrected chi connectivity index (χ2v) is 11.0. The van der Waals surface area contributed by atoms with Crippen molar-refractivity contribution in [3.63, 3.8) is 0 Å². The van der Waals surface area contributed by atoms with Gasteiger partial charge in [0.1, 0.15) is 6.54 Å². The number of aryl methyl sites for hydroxylation is 2. The maximum Gasteiger partial charge on any atom is 0.343 e. The SMILES string of the molecule is CCOC(=O)CCc1ccc2c(c1C(=O)N(CC(=O)O)Cc1cc(C(=O)O)cc(C(=O)O)c1)OCCCc1cc(N=C(N)N)ccc1C(=O)O2. The van der Waals surface area contributed by atoms with Crippen molar-refractivity contribution in [2.75, 3.05) is 19.8 Å². The maximum atomic E-state index is 14.4. The van der Waals surface area contributed by atoms with Crippen LogP contribution in [-0.2, 0) is 33.7 Å². The van der Waals surface area contributed by atoms with Crippen molar-refractivity contribution in [1.82, 2.24) is 4.90 Å². The molecule has 1 amide bonds. The number of rotatable bonds is 12. The minimum absolute atomic E-state index is 0.000315. The van der Waals surface area contributed by atoms with Gasteiger partial charge in [0.25, 0.3) is 5.91 Å². The molecule has 0 atom stereocenters. The first-order chi connectivity index (χ1) is 23.8. The number of esters is 2. The number of nitrogens with two attached hydrogens (primary N) is 2. The van der Waals surface area contributed by atoms with Crippen molar-refractivity contribution in [2.24, 2.45) is 16.5 Å². The van der Waals surface area contributed by atoms with E-state index in [1.165, 1.54) is 24.3 Å². The summed E-state index contributed by atoms with van der Waals surface area (Å²) in [6.45, 7) is 0.316. The van der Waals surface area contributed by atoms with Crippen molar-refractivity contribution in [3.8, 4) is 11.5 Å². The fourth-order valence-corrected chi connectivity index (χ4v) is 5.31. The standard InChI is InChI=1S/C34H34N4O12/c1-2-48-27(41)10-6-19-5-9-25-29(49-11-3-4-20-15-23(37-34(35)36)7-8-24(20)33(47)50-25)28(19)30(42)38(17-26(39)40)16-18-12-21(31(43)44)14-22(13-18)32(45)46/h5,7-9,12-15H,2-4,6,10-11,16-17H2,1H3,(H,39,40)(H,43,44)(H,45,46)(H4,35,36,37). The molecule has 16 heteroatoms. The Labute approximate surface area is 284 Å². The lowest BCUT2D eigenvalue weighted by atomic mass is 9.98. The Morgan fingerprint density at radius 2 is 1.66 bits per heavy atom. The predicted octanol–water partition coefficient (Wildman–Crippen LogP) is 2.75. The highest BCUT2D eigenvalue weighted by Crippen LogP contribution is 2.38. The van der Waals surface area contributed by atoms with E-state index >= 15 is 0 Å². The number of hydrogen-bond donors (Lipinski definition) is 5. The van der Waals surface area contributed by atoms with E-state index in [9.17, 15) is 44.1 Å². The first kappa shape index (κ1) is 36.4. The van der Waals surface area contributed by atoms with Gasteiger partial charge in [-0.25, -0.2) is 19.4 Å². The number of nitrogens with zero attached hydrogens (tertiary/aromatic N) is 2. The van der Waals surface area contributed by atoms with Crippen LogP contribution < -0.4 is 20.9 Å². The molecule has 1 aliphatic heterocycles. The Morgan fingerprint density at radius 3 is 2.28 bits per heavy atom.